The van der Waals surface area contributed by atoms with Crippen molar-refractivity contribution in [3.63, 3.8) is 0 Å². The van der Waals surface area contributed by atoms with Crippen LogP contribution in [0.1, 0.15) is 16.8 Å². The van der Waals surface area contributed by atoms with Crippen molar-refractivity contribution in [1.29, 1.82) is 0 Å². The Balaban J connectivity index is 2.99. The van der Waals surface area contributed by atoms with Gasteiger partial charge in [-0.25, -0.2) is 9.78 Å². The molecule has 0 bridgehead atoms. The first-order valence-corrected chi connectivity index (χ1v) is 6.94. The summed E-state index contributed by atoms with van der Waals surface area (Å²) in [4.78, 5) is 26.7. The third-order valence-electron chi connectivity index (χ3n) is 2.50. The number of carboxylic acids is 1. The van der Waals surface area contributed by atoms with Crippen molar-refractivity contribution >= 4 is 29.2 Å². The number of nitro groups is 1. The highest BCUT2D eigenvalue weighted by Gasteiger charge is 2.19. The smallest absolute Gasteiger partial charge is 0.339 e. The van der Waals surface area contributed by atoms with Crippen LogP contribution in [0.15, 0.2) is 12.3 Å². The second-order valence-electron chi connectivity index (χ2n) is 3.89. The molecule has 0 atom stereocenters. The van der Waals surface area contributed by atoms with E-state index in [1.807, 2.05) is 6.26 Å². The average molecular weight is 285 g/mol. The van der Waals surface area contributed by atoms with Crippen LogP contribution in [-0.2, 0) is 0 Å². The fraction of sp³-hybridized carbons (Fsp3) is 0.455. The number of carbonyl (C=O) groups is 1. The lowest BCUT2D eigenvalue weighted by molar-refractivity contribution is -0.385. The van der Waals surface area contributed by atoms with E-state index in [-0.39, 0.29) is 17.1 Å². The molecule has 1 aromatic heterocycles. The van der Waals surface area contributed by atoms with Crippen LogP contribution in [0.5, 0.6) is 0 Å². The molecule has 1 rings (SSSR count). The van der Waals surface area contributed by atoms with Crippen molar-refractivity contribution in [3.8, 4) is 0 Å². The molecule has 1 heterocycles. The van der Waals surface area contributed by atoms with E-state index in [0.717, 1.165) is 24.4 Å². The quantitative estimate of drug-likeness (QED) is 0.464. The normalized spacial score (nSPS) is 10.2. The third-order valence-corrected chi connectivity index (χ3v) is 3.19. The predicted molar refractivity (Wildman–Crippen MR) is 74.1 cm³/mol. The molecule has 104 valence electrons. The van der Waals surface area contributed by atoms with Gasteiger partial charge in [-0.1, -0.05) is 0 Å². The highest BCUT2D eigenvalue weighted by molar-refractivity contribution is 7.98. The van der Waals surface area contributed by atoms with E-state index in [1.54, 1.807) is 23.7 Å². The van der Waals surface area contributed by atoms with E-state index in [1.165, 1.54) is 0 Å². The number of nitrogens with zero attached hydrogens (tertiary/aromatic N) is 3. The minimum Gasteiger partial charge on any atom is -0.478 e. The van der Waals surface area contributed by atoms with Crippen LogP contribution in [0, 0.1) is 10.1 Å². The molecule has 1 aromatic rings. The van der Waals surface area contributed by atoms with Gasteiger partial charge in [0.15, 0.2) is 0 Å². The van der Waals surface area contributed by atoms with Crippen LogP contribution in [0.2, 0.25) is 0 Å². The molecule has 0 fully saturated rings. The van der Waals surface area contributed by atoms with E-state index in [9.17, 15) is 14.9 Å². The zero-order valence-electron chi connectivity index (χ0n) is 10.7. The molecule has 0 spiro atoms. The van der Waals surface area contributed by atoms with Crippen molar-refractivity contribution in [2.75, 3.05) is 30.5 Å². The van der Waals surface area contributed by atoms with Crippen molar-refractivity contribution < 1.29 is 14.8 Å². The number of aromatic carboxylic acids is 1. The van der Waals surface area contributed by atoms with Gasteiger partial charge in [0.25, 0.3) is 5.69 Å². The van der Waals surface area contributed by atoms with Crippen LogP contribution in [-0.4, -0.2) is 46.6 Å². The lowest BCUT2D eigenvalue weighted by atomic mass is 10.2. The Hall–Kier alpha value is -1.83. The molecule has 19 heavy (non-hydrogen) atoms. The van der Waals surface area contributed by atoms with Crippen LogP contribution in [0.25, 0.3) is 0 Å². The van der Waals surface area contributed by atoms with Crippen LogP contribution < -0.4 is 4.90 Å². The van der Waals surface area contributed by atoms with Crippen molar-refractivity contribution in [2.45, 2.75) is 6.42 Å². The Morgan fingerprint density at radius 3 is 2.84 bits per heavy atom. The Bertz CT molecular complexity index is 481. The van der Waals surface area contributed by atoms with E-state index < -0.39 is 10.9 Å². The summed E-state index contributed by atoms with van der Waals surface area (Å²) in [6.07, 6.45) is 3.95. The number of hydrogen-bond donors (Lipinski definition) is 1. The minimum atomic E-state index is -1.22. The van der Waals surface area contributed by atoms with Gasteiger partial charge in [0.05, 0.1) is 4.92 Å². The predicted octanol–water partition coefficient (Wildman–Crippen LogP) is 1.88. The van der Waals surface area contributed by atoms with Gasteiger partial charge < -0.3 is 10.0 Å². The van der Waals surface area contributed by atoms with E-state index in [4.69, 9.17) is 5.11 Å². The molecule has 1 N–H and O–H groups in total. The highest BCUT2D eigenvalue weighted by Crippen LogP contribution is 2.22. The van der Waals surface area contributed by atoms with Crippen molar-refractivity contribution in [1.82, 2.24) is 4.98 Å². The molecule has 0 unspecified atom stereocenters. The van der Waals surface area contributed by atoms with Gasteiger partial charge in [0.2, 0.25) is 0 Å². The summed E-state index contributed by atoms with van der Waals surface area (Å²) < 4.78 is 0. The lowest BCUT2D eigenvalue weighted by Gasteiger charge is -2.19. The Labute approximate surface area is 114 Å². The summed E-state index contributed by atoms with van der Waals surface area (Å²) in [5.41, 5.74) is -0.473. The maximum atomic E-state index is 11.1. The number of aromatic nitrogens is 1. The molecule has 7 nitrogen and oxygen atoms in total. The average Bonchev–Trinajstić information content (AvgIpc) is 2.38. The molecular weight excluding hydrogens is 270 g/mol. The molecule has 0 aromatic carbocycles. The van der Waals surface area contributed by atoms with Gasteiger partial charge >= 0.3 is 5.97 Å². The Kier molecular flexibility index (Phi) is 5.56. The zero-order valence-corrected chi connectivity index (χ0v) is 11.5. The zero-order chi connectivity index (χ0) is 14.4. The van der Waals surface area contributed by atoms with Crippen molar-refractivity contribution in [2.24, 2.45) is 0 Å². The largest absolute Gasteiger partial charge is 0.478 e. The van der Waals surface area contributed by atoms with Gasteiger partial charge in [0, 0.05) is 19.7 Å². The molecule has 8 heteroatoms. The van der Waals surface area contributed by atoms with Crippen LogP contribution in [0.4, 0.5) is 11.5 Å². The molecular formula is C11H15N3O4S. The number of anilines is 1. The number of rotatable bonds is 7. The minimum absolute atomic E-state index is 0.152. The number of hydrogen-bond acceptors (Lipinski definition) is 6. The first-order chi connectivity index (χ1) is 8.97. The lowest BCUT2D eigenvalue weighted by Crippen LogP contribution is -2.23. The number of pyridine rings is 1. The van der Waals surface area contributed by atoms with Gasteiger partial charge in [-0.15, -0.1) is 0 Å². The summed E-state index contributed by atoms with van der Waals surface area (Å²) in [7, 11) is 1.72. The summed E-state index contributed by atoms with van der Waals surface area (Å²) in [6, 6.07) is 1.04. The standard InChI is InChI=1S/C11H15N3O4S/c1-13(4-3-5-19-2)10-9(11(15)16)6-8(7-12-10)14(17)18/h6-7H,3-5H2,1-2H3,(H,15,16). The Morgan fingerprint density at radius 1 is 1.63 bits per heavy atom. The summed E-state index contributed by atoms with van der Waals surface area (Å²) in [6.45, 7) is 0.645. The van der Waals surface area contributed by atoms with Gasteiger partial charge in [0.1, 0.15) is 17.6 Å². The summed E-state index contributed by atoms with van der Waals surface area (Å²) in [5, 5.41) is 19.7. The first kappa shape index (κ1) is 15.2. The van der Waals surface area contributed by atoms with Crippen LogP contribution in [0.3, 0.4) is 0 Å². The molecule has 0 radical (unpaired) electrons. The summed E-state index contributed by atoms with van der Waals surface area (Å²) >= 11 is 1.70. The molecule has 0 saturated carbocycles. The monoisotopic (exact) mass is 285 g/mol. The van der Waals surface area contributed by atoms with Crippen molar-refractivity contribution in [3.05, 3.63) is 27.9 Å². The topological polar surface area (TPSA) is 96.6 Å². The molecule has 0 aliphatic rings. The van der Waals surface area contributed by atoms with Gasteiger partial charge in [-0.3, -0.25) is 10.1 Å². The highest BCUT2D eigenvalue weighted by atomic mass is 32.2. The maximum Gasteiger partial charge on any atom is 0.339 e. The fourth-order valence-corrected chi connectivity index (χ4v) is 1.98. The van der Waals surface area contributed by atoms with E-state index in [2.05, 4.69) is 4.98 Å². The third kappa shape index (κ3) is 4.09. The fourth-order valence-electron chi connectivity index (χ4n) is 1.56. The number of thioether (sulfide) groups is 1. The van der Waals surface area contributed by atoms with E-state index >= 15 is 0 Å². The number of carboxylic acid groups (broad SMARTS) is 1. The van der Waals surface area contributed by atoms with E-state index in [0.29, 0.717) is 6.54 Å². The van der Waals surface area contributed by atoms with Gasteiger partial charge in [-0.05, 0) is 18.4 Å². The maximum absolute atomic E-state index is 11.1. The molecule has 0 aliphatic heterocycles. The first-order valence-electron chi connectivity index (χ1n) is 5.55. The summed E-state index contributed by atoms with van der Waals surface area (Å²) in [5.74, 6) is -0.0122. The van der Waals surface area contributed by atoms with Gasteiger partial charge in [-0.2, -0.15) is 11.8 Å². The SMILES string of the molecule is CSCCCN(C)c1ncc([N+](=O)[O-])cc1C(=O)O. The van der Waals surface area contributed by atoms with Crippen LogP contribution >= 0.6 is 11.8 Å². The Morgan fingerprint density at radius 2 is 2.32 bits per heavy atom. The molecule has 0 aliphatic carbocycles. The molecule has 0 amide bonds. The molecule has 0 saturated heterocycles. The second kappa shape index (κ2) is 6.93. The second-order valence-corrected chi connectivity index (χ2v) is 4.88.